The van der Waals surface area contributed by atoms with E-state index < -0.39 is 5.97 Å². The second-order valence-electron chi connectivity index (χ2n) is 5.59. The number of nitrogens with zero attached hydrogens (tertiary/aromatic N) is 3. The maximum Gasteiger partial charge on any atom is 0.339 e. The van der Waals surface area contributed by atoms with Crippen LogP contribution in [-0.2, 0) is 0 Å². The molecule has 0 bridgehead atoms. The Morgan fingerprint density at radius 1 is 1.13 bits per heavy atom. The lowest BCUT2D eigenvalue weighted by molar-refractivity contribution is 0.0697. The van der Waals surface area contributed by atoms with E-state index in [1.807, 2.05) is 24.3 Å². The van der Waals surface area contributed by atoms with Crippen LogP contribution in [-0.4, -0.2) is 25.8 Å². The van der Waals surface area contributed by atoms with Crippen molar-refractivity contribution in [2.75, 3.05) is 0 Å². The molecule has 0 aliphatic heterocycles. The highest BCUT2D eigenvalue weighted by atomic mass is 16.4. The first-order valence-corrected chi connectivity index (χ1v) is 7.40. The molecule has 5 nitrogen and oxygen atoms in total. The molecule has 23 heavy (non-hydrogen) atoms. The Bertz CT molecular complexity index is 838. The van der Waals surface area contributed by atoms with Gasteiger partial charge >= 0.3 is 5.97 Å². The first-order valence-electron chi connectivity index (χ1n) is 7.40. The maximum absolute atomic E-state index is 11.7. The van der Waals surface area contributed by atoms with Gasteiger partial charge in [0.15, 0.2) is 0 Å². The van der Waals surface area contributed by atoms with Crippen molar-refractivity contribution < 1.29 is 9.90 Å². The quantitative estimate of drug-likeness (QED) is 0.797. The first kappa shape index (κ1) is 15.0. The van der Waals surface area contributed by atoms with Gasteiger partial charge in [-0.1, -0.05) is 38.1 Å². The van der Waals surface area contributed by atoms with Crippen molar-refractivity contribution in [3.05, 3.63) is 66.1 Å². The Morgan fingerprint density at radius 2 is 1.83 bits per heavy atom. The largest absolute Gasteiger partial charge is 0.478 e. The summed E-state index contributed by atoms with van der Waals surface area (Å²) in [6.45, 7) is 4.16. The summed E-state index contributed by atoms with van der Waals surface area (Å²) in [6.07, 6.45) is 4.85. The number of hydrogen-bond donors (Lipinski definition) is 1. The standard InChI is InChI=1S/C18H17N3O2/c1-12(2)14-5-3-4-6-15(14)17-16(18(22)23)11-21(20-17)13-7-9-19-10-8-13/h3-12H,1-2H3,(H,22,23). The number of pyridine rings is 1. The van der Waals surface area contributed by atoms with Gasteiger partial charge in [-0.15, -0.1) is 0 Å². The van der Waals surface area contributed by atoms with Crippen LogP contribution in [0.25, 0.3) is 16.9 Å². The molecule has 116 valence electrons. The zero-order valence-corrected chi connectivity index (χ0v) is 13.0. The number of carboxylic acid groups (broad SMARTS) is 1. The molecule has 0 aliphatic rings. The summed E-state index contributed by atoms with van der Waals surface area (Å²) in [4.78, 5) is 15.6. The van der Waals surface area contributed by atoms with E-state index in [1.165, 1.54) is 0 Å². The van der Waals surface area contributed by atoms with E-state index in [0.29, 0.717) is 5.69 Å². The van der Waals surface area contributed by atoms with E-state index in [1.54, 1.807) is 35.4 Å². The number of carbonyl (C=O) groups is 1. The smallest absolute Gasteiger partial charge is 0.339 e. The normalized spacial score (nSPS) is 10.9. The Labute approximate surface area is 134 Å². The Morgan fingerprint density at radius 3 is 2.48 bits per heavy atom. The molecule has 0 fully saturated rings. The fourth-order valence-corrected chi connectivity index (χ4v) is 2.57. The summed E-state index contributed by atoms with van der Waals surface area (Å²) in [5.41, 5.74) is 3.38. The number of carboxylic acids is 1. The van der Waals surface area contributed by atoms with Crippen molar-refractivity contribution in [1.82, 2.24) is 14.8 Å². The summed E-state index contributed by atoms with van der Waals surface area (Å²) in [6, 6.07) is 11.4. The van der Waals surface area contributed by atoms with Crippen molar-refractivity contribution in [3.63, 3.8) is 0 Å². The van der Waals surface area contributed by atoms with Gasteiger partial charge in [0, 0.05) is 24.2 Å². The van der Waals surface area contributed by atoms with Gasteiger partial charge in [0.05, 0.1) is 5.69 Å². The minimum absolute atomic E-state index is 0.190. The molecule has 0 atom stereocenters. The third-order valence-corrected chi connectivity index (χ3v) is 3.71. The van der Waals surface area contributed by atoms with E-state index in [4.69, 9.17) is 0 Å². The SMILES string of the molecule is CC(C)c1ccccc1-c1nn(-c2ccncc2)cc1C(=O)O. The van der Waals surface area contributed by atoms with Gasteiger partial charge in [0.25, 0.3) is 0 Å². The molecular weight excluding hydrogens is 290 g/mol. The molecule has 0 radical (unpaired) electrons. The number of rotatable bonds is 4. The third-order valence-electron chi connectivity index (χ3n) is 3.71. The van der Waals surface area contributed by atoms with Crippen molar-refractivity contribution in [1.29, 1.82) is 0 Å². The molecule has 0 saturated heterocycles. The van der Waals surface area contributed by atoms with Crippen molar-refractivity contribution >= 4 is 5.97 Å². The van der Waals surface area contributed by atoms with Gasteiger partial charge < -0.3 is 5.11 Å². The maximum atomic E-state index is 11.7. The second-order valence-corrected chi connectivity index (χ2v) is 5.59. The molecule has 2 aromatic heterocycles. The van der Waals surface area contributed by atoms with Gasteiger partial charge in [-0.2, -0.15) is 5.10 Å². The molecule has 0 amide bonds. The monoisotopic (exact) mass is 307 g/mol. The summed E-state index contributed by atoms with van der Waals surface area (Å²) in [5.74, 6) is -0.710. The summed E-state index contributed by atoms with van der Waals surface area (Å²) < 4.78 is 1.58. The zero-order valence-electron chi connectivity index (χ0n) is 13.0. The number of hydrogen-bond acceptors (Lipinski definition) is 3. The van der Waals surface area contributed by atoms with Gasteiger partial charge in [-0.05, 0) is 23.6 Å². The Hall–Kier alpha value is -2.95. The number of aromatic carboxylic acids is 1. The van der Waals surface area contributed by atoms with Gasteiger partial charge in [0.2, 0.25) is 0 Å². The van der Waals surface area contributed by atoms with Gasteiger partial charge in [0.1, 0.15) is 11.3 Å². The van der Waals surface area contributed by atoms with E-state index in [9.17, 15) is 9.90 Å². The lowest BCUT2D eigenvalue weighted by atomic mass is 9.94. The van der Waals surface area contributed by atoms with E-state index >= 15 is 0 Å². The second kappa shape index (κ2) is 6.04. The molecule has 0 spiro atoms. The molecule has 3 aromatic rings. The average Bonchev–Trinajstić information content (AvgIpc) is 3.01. The van der Waals surface area contributed by atoms with Crippen LogP contribution in [0.15, 0.2) is 55.0 Å². The van der Waals surface area contributed by atoms with Crippen LogP contribution < -0.4 is 0 Å². The fourth-order valence-electron chi connectivity index (χ4n) is 2.57. The van der Waals surface area contributed by atoms with Crippen molar-refractivity contribution in [2.24, 2.45) is 0 Å². The molecule has 1 aromatic carbocycles. The average molecular weight is 307 g/mol. The van der Waals surface area contributed by atoms with Crippen molar-refractivity contribution in [3.8, 4) is 16.9 Å². The van der Waals surface area contributed by atoms with Gasteiger partial charge in [-0.3, -0.25) is 4.98 Å². The van der Waals surface area contributed by atoms with E-state index in [-0.39, 0.29) is 11.5 Å². The van der Waals surface area contributed by atoms with Crippen LogP contribution in [0.1, 0.15) is 35.7 Å². The highest BCUT2D eigenvalue weighted by molar-refractivity contribution is 5.95. The van der Waals surface area contributed by atoms with Crippen LogP contribution in [0.3, 0.4) is 0 Å². The predicted octanol–water partition coefficient (Wildman–Crippen LogP) is 3.76. The summed E-state index contributed by atoms with van der Waals surface area (Å²) >= 11 is 0. The number of aromatic nitrogens is 3. The molecule has 3 rings (SSSR count). The summed E-state index contributed by atoms with van der Waals surface area (Å²) in [7, 11) is 0. The Kier molecular flexibility index (Phi) is 3.93. The molecule has 0 saturated carbocycles. The van der Waals surface area contributed by atoms with Crippen molar-refractivity contribution in [2.45, 2.75) is 19.8 Å². The van der Waals surface area contributed by atoms with E-state index in [2.05, 4.69) is 23.9 Å². The molecule has 0 aliphatic carbocycles. The van der Waals surface area contributed by atoms with Crippen LogP contribution in [0.2, 0.25) is 0 Å². The Balaban J connectivity index is 2.20. The first-order chi connectivity index (χ1) is 11.1. The van der Waals surface area contributed by atoms with E-state index in [0.717, 1.165) is 16.8 Å². The topological polar surface area (TPSA) is 68.0 Å². The minimum Gasteiger partial charge on any atom is -0.478 e. The fraction of sp³-hybridized carbons (Fsp3) is 0.167. The highest BCUT2D eigenvalue weighted by Crippen LogP contribution is 2.31. The highest BCUT2D eigenvalue weighted by Gasteiger charge is 2.20. The lowest BCUT2D eigenvalue weighted by Gasteiger charge is -2.11. The molecule has 2 heterocycles. The van der Waals surface area contributed by atoms with Crippen LogP contribution >= 0.6 is 0 Å². The minimum atomic E-state index is -0.987. The molecule has 5 heteroatoms. The molecular formula is C18H17N3O2. The zero-order chi connectivity index (χ0) is 16.4. The van der Waals surface area contributed by atoms with Crippen LogP contribution in [0.5, 0.6) is 0 Å². The lowest BCUT2D eigenvalue weighted by Crippen LogP contribution is -1.99. The van der Waals surface area contributed by atoms with Crippen LogP contribution in [0, 0.1) is 0 Å². The van der Waals surface area contributed by atoms with Gasteiger partial charge in [-0.25, -0.2) is 9.48 Å². The molecule has 0 unspecified atom stereocenters. The third kappa shape index (κ3) is 2.85. The molecule has 1 N–H and O–H groups in total. The predicted molar refractivity (Wildman–Crippen MR) is 87.8 cm³/mol. The number of benzene rings is 1. The summed E-state index contributed by atoms with van der Waals surface area (Å²) in [5, 5.41) is 14.1. The van der Waals surface area contributed by atoms with Crippen LogP contribution in [0.4, 0.5) is 0 Å².